The zero-order chi connectivity index (χ0) is 22.0. The molecule has 0 amide bonds. The molecular formula is C23H29ClF2N2O3S. The molecule has 0 aromatic heterocycles. The van der Waals surface area contributed by atoms with Crippen molar-refractivity contribution in [3.63, 3.8) is 0 Å². The van der Waals surface area contributed by atoms with Gasteiger partial charge in [0.15, 0.2) is 11.6 Å². The Balaban J connectivity index is 0.00000289. The van der Waals surface area contributed by atoms with E-state index in [4.69, 9.17) is 10.5 Å². The number of halogens is 3. The van der Waals surface area contributed by atoms with E-state index in [9.17, 15) is 17.2 Å². The van der Waals surface area contributed by atoms with Gasteiger partial charge in [-0.25, -0.2) is 21.9 Å². The molecule has 2 aliphatic rings. The highest BCUT2D eigenvalue weighted by Crippen LogP contribution is 2.36. The number of nitrogens with two attached hydrogens (primary N) is 1. The first kappa shape index (κ1) is 24.9. The third kappa shape index (κ3) is 6.41. The van der Waals surface area contributed by atoms with E-state index in [1.807, 2.05) is 18.2 Å². The summed E-state index contributed by atoms with van der Waals surface area (Å²) in [5.74, 6) is -0.618. The maximum Gasteiger partial charge on any atom is 0.211 e. The monoisotopic (exact) mass is 486 g/mol. The maximum atomic E-state index is 13.6. The number of hydrogen-bond donors (Lipinski definition) is 2. The van der Waals surface area contributed by atoms with Crippen molar-refractivity contribution in [1.29, 1.82) is 0 Å². The predicted octanol–water partition coefficient (Wildman–Crippen LogP) is 3.69. The molecule has 0 heterocycles. The van der Waals surface area contributed by atoms with E-state index in [2.05, 4.69) is 4.72 Å². The van der Waals surface area contributed by atoms with Gasteiger partial charge in [0, 0.05) is 18.5 Å². The van der Waals surface area contributed by atoms with Crippen molar-refractivity contribution in [3.05, 3.63) is 64.7 Å². The van der Waals surface area contributed by atoms with Gasteiger partial charge in [-0.3, -0.25) is 0 Å². The van der Waals surface area contributed by atoms with Crippen LogP contribution in [0.1, 0.15) is 41.9 Å². The molecule has 2 atom stereocenters. The topological polar surface area (TPSA) is 81.4 Å². The first-order valence-electron chi connectivity index (χ1n) is 10.7. The molecule has 0 aliphatic heterocycles. The Kier molecular flexibility index (Phi) is 8.14. The highest BCUT2D eigenvalue weighted by Gasteiger charge is 2.29. The second-order valence-corrected chi connectivity index (χ2v) is 10.4. The molecule has 2 aliphatic carbocycles. The fourth-order valence-corrected chi connectivity index (χ4v) is 5.66. The average Bonchev–Trinajstić information content (AvgIpc) is 3.53. The van der Waals surface area contributed by atoms with E-state index in [0.717, 1.165) is 37.3 Å². The van der Waals surface area contributed by atoms with Crippen LogP contribution < -0.4 is 15.2 Å². The molecule has 0 saturated heterocycles. The lowest BCUT2D eigenvalue weighted by atomic mass is 9.76. The van der Waals surface area contributed by atoms with Crippen molar-refractivity contribution in [2.45, 2.75) is 44.1 Å². The van der Waals surface area contributed by atoms with Crippen molar-refractivity contribution in [3.8, 4) is 5.75 Å². The van der Waals surface area contributed by atoms with Crippen molar-refractivity contribution in [1.82, 2.24) is 4.72 Å². The summed E-state index contributed by atoms with van der Waals surface area (Å²) in [6.45, 7) is 0.437. The zero-order valence-corrected chi connectivity index (χ0v) is 19.4. The van der Waals surface area contributed by atoms with Crippen LogP contribution in [0.25, 0.3) is 0 Å². The van der Waals surface area contributed by atoms with Crippen molar-refractivity contribution < 1.29 is 21.9 Å². The Morgan fingerprint density at radius 2 is 1.84 bits per heavy atom. The third-order valence-electron chi connectivity index (χ3n) is 6.07. The van der Waals surface area contributed by atoms with Gasteiger partial charge in [-0.2, -0.15) is 0 Å². The zero-order valence-electron chi connectivity index (χ0n) is 17.7. The van der Waals surface area contributed by atoms with Gasteiger partial charge in [0.05, 0.1) is 5.75 Å². The fourth-order valence-electron chi connectivity index (χ4n) is 4.19. The van der Waals surface area contributed by atoms with Crippen molar-refractivity contribution in [2.75, 3.05) is 18.9 Å². The highest BCUT2D eigenvalue weighted by molar-refractivity contribution is 7.89. The lowest BCUT2D eigenvalue weighted by Gasteiger charge is -2.32. The Morgan fingerprint density at radius 3 is 2.56 bits per heavy atom. The van der Waals surface area contributed by atoms with E-state index in [-0.39, 0.29) is 43.3 Å². The van der Waals surface area contributed by atoms with E-state index < -0.39 is 21.7 Å². The largest absolute Gasteiger partial charge is 0.492 e. The quantitative estimate of drug-likeness (QED) is 0.530. The predicted molar refractivity (Wildman–Crippen MR) is 123 cm³/mol. The molecule has 5 nitrogen and oxygen atoms in total. The van der Waals surface area contributed by atoms with Crippen LogP contribution in [0.3, 0.4) is 0 Å². The number of hydrogen-bond acceptors (Lipinski definition) is 4. The molecular weight excluding hydrogens is 458 g/mol. The summed E-state index contributed by atoms with van der Waals surface area (Å²) in [6, 6.07) is 9.69. The lowest BCUT2D eigenvalue weighted by molar-refractivity contribution is 0.321. The molecule has 1 saturated carbocycles. The molecule has 0 bridgehead atoms. The van der Waals surface area contributed by atoms with Crippen LogP contribution in [0.2, 0.25) is 0 Å². The Bertz CT molecular complexity index is 1050. The van der Waals surface area contributed by atoms with Crippen molar-refractivity contribution in [2.24, 2.45) is 11.7 Å². The minimum Gasteiger partial charge on any atom is -0.492 e. The fraction of sp³-hybridized carbons (Fsp3) is 0.478. The Hall–Kier alpha value is -1.74. The molecule has 4 rings (SSSR count). The molecule has 1 fully saturated rings. The molecule has 2 aromatic rings. The van der Waals surface area contributed by atoms with Gasteiger partial charge in [0.25, 0.3) is 0 Å². The van der Waals surface area contributed by atoms with Gasteiger partial charge in [0.1, 0.15) is 12.4 Å². The molecule has 2 unspecified atom stereocenters. The molecule has 176 valence electrons. The van der Waals surface area contributed by atoms with Crippen LogP contribution in [0.5, 0.6) is 5.75 Å². The van der Waals surface area contributed by atoms with Crippen LogP contribution in [0, 0.1) is 17.6 Å². The summed E-state index contributed by atoms with van der Waals surface area (Å²) in [7, 11) is -3.25. The summed E-state index contributed by atoms with van der Waals surface area (Å²) in [6.07, 6.45) is 4.16. The lowest BCUT2D eigenvalue weighted by Crippen LogP contribution is -2.34. The first-order chi connectivity index (χ1) is 14.8. The average molecular weight is 487 g/mol. The maximum absolute atomic E-state index is 13.6. The molecule has 9 heteroatoms. The number of sulfonamides is 1. The van der Waals surface area contributed by atoms with Gasteiger partial charge in [0.2, 0.25) is 10.0 Å². The summed E-state index contributed by atoms with van der Waals surface area (Å²) in [5.41, 5.74) is 9.31. The van der Waals surface area contributed by atoms with E-state index in [0.29, 0.717) is 23.7 Å². The van der Waals surface area contributed by atoms with Crippen molar-refractivity contribution >= 4 is 22.4 Å². The molecule has 3 N–H and O–H groups in total. The molecule has 32 heavy (non-hydrogen) atoms. The van der Waals surface area contributed by atoms with E-state index in [1.54, 1.807) is 6.07 Å². The van der Waals surface area contributed by atoms with Crippen LogP contribution in [-0.4, -0.2) is 33.4 Å². The normalized spacial score (nSPS) is 20.3. The number of fused-ring (bicyclic) bond motifs is 1. The number of ether oxygens (including phenoxy) is 1. The molecule has 0 spiro atoms. The molecule has 0 radical (unpaired) electrons. The first-order valence-corrected chi connectivity index (χ1v) is 12.4. The highest BCUT2D eigenvalue weighted by atomic mass is 35.5. The summed E-state index contributed by atoms with van der Waals surface area (Å²) in [4.78, 5) is 0. The summed E-state index contributed by atoms with van der Waals surface area (Å²) < 4.78 is 59.2. The second kappa shape index (κ2) is 10.5. The molecule has 2 aromatic carbocycles. The van der Waals surface area contributed by atoms with E-state index in [1.165, 1.54) is 11.6 Å². The van der Waals surface area contributed by atoms with Gasteiger partial charge in [-0.15, -0.1) is 12.4 Å². The third-order valence-corrected chi connectivity index (χ3v) is 7.62. The standard InChI is InChI=1S/C23H28F2N2O3S.ClH/c24-21-7-3-16(12-22(21)25)11-20-19-13-18(6-4-17(19)5-8-23(20)26)30-10-9-27-31(28,29)14-15-1-2-15;/h3-4,6-7,12-13,15,20,23,27H,1-2,5,8-11,14,26H2;1H. The van der Waals surface area contributed by atoms with Gasteiger partial charge in [-0.1, -0.05) is 12.1 Å². The number of aryl methyl sites for hydroxylation is 1. The van der Waals surface area contributed by atoms with Gasteiger partial charge < -0.3 is 10.5 Å². The van der Waals surface area contributed by atoms with Crippen LogP contribution >= 0.6 is 12.4 Å². The SMILES string of the molecule is Cl.NC1CCc2ccc(OCCNS(=O)(=O)CC3CC3)cc2C1Cc1ccc(F)c(F)c1. The second-order valence-electron chi connectivity index (χ2n) is 8.59. The minimum absolute atomic E-state index is 0. The van der Waals surface area contributed by atoms with Gasteiger partial charge in [-0.05, 0) is 79.0 Å². The summed E-state index contributed by atoms with van der Waals surface area (Å²) >= 11 is 0. The smallest absolute Gasteiger partial charge is 0.211 e. The van der Waals surface area contributed by atoms with Gasteiger partial charge >= 0.3 is 0 Å². The summed E-state index contributed by atoms with van der Waals surface area (Å²) in [5, 5.41) is 0. The minimum atomic E-state index is -3.25. The van der Waals surface area contributed by atoms with Crippen LogP contribution in [0.4, 0.5) is 8.78 Å². The number of rotatable bonds is 9. The number of nitrogens with one attached hydrogen (secondary N) is 1. The van der Waals surface area contributed by atoms with E-state index >= 15 is 0 Å². The van der Waals surface area contributed by atoms with Crippen LogP contribution in [-0.2, 0) is 22.9 Å². The Labute approximate surface area is 194 Å². The Morgan fingerprint density at radius 1 is 1.06 bits per heavy atom. The van der Waals surface area contributed by atoms with Crippen LogP contribution in [0.15, 0.2) is 36.4 Å². The number of benzene rings is 2.